The van der Waals surface area contributed by atoms with E-state index in [1.807, 2.05) is 36.2 Å². The number of rotatable bonds is 2. The molecule has 0 saturated carbocycles. The molecular formula is C19H20N4O2. The number of carbonyl (C=O) groups excluding carboxylic acids is 1. The lowest BCUT2D eigenvalue weighted by Gasteiger charge is -2.35. The number of nitrogens with zero attached hydrogens (tertiary/aromatic N) is 3. The van der Waals surface area contributed by atoms with E-state index in [0.717, 1.165) is 36.1 Å². The molecule has 0 radical (unpaired) electrons. The topological polar surface area (TPSA) is 71.0 Å². The zero-order valence-electron chi connectivity index (χ0n) is 14.1. The molecule has 4 rings (SSSR count). The van der Waals surface area contributed by atoms with Gasteiger partial charge in [0.25, 0.3) is 5.91 Å². The SMILES string of the molecule is Cn1c([C@H]2CCCCN2C(=O)c2ccc(=O)[nH]c2)nc2ccccc21. The van der Waals surface area contributed by atoms with Crippen LogP contribution in [0.4, 0.5) is 0 Å². The molecule has 0 unspecified atom stereocenters. The number of pyridine rings is 1. The van der Waals surface area contributed by atoms with Gasteiger partial charge in [-0.25, -0.2) is 4.98 Å². The number of hydrogen-bond acceptors (Lipinski definition) is 3. The van der Waals surface area contributed by atoms with E-state index >= 15 is 0 Å². The second-order valence-corrected chi connectivity index (χ2v) is 6.47. The van der Waals surface area contributed by atoms with Crippen molar-refractivity contribution in [2.24, 2.45) is 7.05 Å². The minimum Gasteiger partial charge on any atom is -0.329 e. The summed E-state index contributed by atoms with van der Waals surface area (Å²) in [4.78, 5) is 33.5. The quantitative estimate of drug-likeness (QED) is 0.782. The highest BCUT2D eigenvalue weighted by Gasteiger charge is 2.31. The van der Waals surface area contributed by atoms with Gasteiger partial charge in [0.15, 0.2) is 0 Å². The molecule has 1 atom stereocenters. The van der Waals surface area contributed by atoms with Crippen LogP contribution in [0.2, 0.25) is 0 Å². The number of fused-ring (bicyclic) bond motifs is 1. The third-order valence-corrected chi connectivity index (χ3v) is 4.91. The molecule has 25 heavy (non-hydrogen) atoms. The van der Waals surface area contributed by atoms with Crippen molar-refractivity contribution in [3.8, 4) is 0 Å². The predicted octanol–water partition coefficient (Wildman–Crippen LogP) is 2.63. The highest BCUT2D eigenvalue weighted by molar-refractivity contribution is 5.94. The number of aromatic amines is 1. The molecule has 0 spiro atoms. The van der Waals surface area contributed by atoms with Crippen LogP contribution in [-0.4, -0.2) is 31.9 Å². The van der Waals surface area contributed by atoms with Crippen molar-refractivity contribution in [3.05, 3.63) is 64.3 Å². The lowest BCUT2D eigenvalue weighted by Crippen LogP contribution is -2.39. The standard InChI is InChI=1S/C19H20N4O2/c1-22-15-7-3-2-6-14(15)21-18(22)16-8-4-5-11-23(16)19(25)13-9-10-17(24)20-12-13/h2-3,6-7,9-10,12,16H,4-5,8,11H2,1H3,(H,20,24)/t16-/m1/s1. The number of aryl methyl sites for hydroxylation is 1. The minimum absolute atomic E-state index is 0.0504. The molecule has 2 aromatic heterocycles. The van der Waals surface area contributed by atoms with Gasteiger partial charge < -0.3 is 14.5 Å². The zero-order chi connectivity index (χ0) is 17.4. The second kappa shape index (κ2) is 6.20. The minimum atomic E-state index is -0.206. The first-order valence-electron chi connectivity index (χ1n) is 8.56. The number of imidazole rings is 1. The molecule has 1 aromatic carbocycles. The number of likely N-dealkylation sites (tertiary alicyclic amines) is 1. The van der Waals surface area contributed by atoms with Gasteiger partial charge in [0, 0.05) is 25.9 Å². The first-order valence-corrected chi connectivity index (χ1v) is 8.56. The van der Waals surface area contributed by atoms with Gasteiger partial charge in [0.1, 0.15) is 5.82 Å². The van der Waals surface area contributed by atoms with E-state index < -0.39 is 0 Å². The lowest BCUT2D eigenvalue weighted by molar-refractivity contribution is 0.0596. The summed E-state index contributed by atoms with van der Waals surface area (Å²) in [5, 5.41) is 0. The normalized spacial score (nSPS) is 17.8. The van der Waals surface area contributed by atoms with E-state index in [1.165, 1.54) is 12.3 Å². The van der Waals surface area contributed by atoms with Gasteiger partial charge in [-0.2, -0.15) is 0 Å². The molecule has 1 saturated heterocycles. The smallest absolute Gasteiger partial charge is 0.255 e. The van der Waals surface area contributed by atoms with Crippen LogP contribution in [0.5, 0.6) is 0 Å². The number of benzene rings is 1. The number of nitrogens with one attached hydrogen (secondary N) is 1. The number of H-pyrrole nitrogens is 1. The van der Waals surface area contributed by atoms with Crippen LogP contribution >= 0.6 is 0 Å². The highest BCUT2D eigenvalue weighted by Crippen LogP contribution is 2.32. The molecule has 0 aliphatic carbocycles. The third-order valence-electron chi connectivity index (χ3n) is 4.91. The third kappa shape index (κ3) is 2.73. The fourth-order valence-corrected chi connectivity index (χ4v) is 3.61. The lowest BCUT2D eigenvalue weighted by atomic mass is 10.0. The molecule has 3 heterocycles. The Morgan fingerprint density at radius 2 is 2.04 bits per heavy atom. The van der Waals surface area contributed by atoms with E-state index in [2.05, 4.69) is 9.55 Å². The van der Waals surface area contributed by atoms with Gasteiger partial charge >= 0.3 is 0 Å². The Bertz CT molecular complexity index is 968. The van der Waals surface area contributed by atoms with E-state index in [0.29, 0.717) is 12.1 Å². The number of hydrogen-bond donors (Lipinski definition) is 1. The molecular weight excluding hydrogens is 316 g/mol. The van der Waals surface area contributed by atoms with E-state index in [9.17, 15) is 9.59 Å². The van der Waals surface area contributed by atoms with Crippen LogP contribution in [0, 0.1) is 0 Å². The Balaban J connectivity index is 1.73. The van der Waals surface area contributed by atoms with Crippen molar-refractivity contribution in [2.75, 3.05) is 6.54 Å². The number of piperidine rings is 1. The van der Waals surface area contributed by atoms with Gasteiger partial charge in [-0.15, -0.1) is 0 Å². The predicted molar refractivity (Wildman–Crippen MR) is 95.4 cm³/mol. The number of amides is 1. The molecule has 6 heteroatoms. The Hall–Kier alpha value is -2.89. The van der Waals surface area contributed by atoms with Crippen molar-refractivity contribution in [1.82, 2.24) is 19.4 Å². The average molecular weight is 336 g/mol. The first kappa shape index (κ1) is 15.6. The molecule has 1 aliphatic heterocycles. The van der Waals surface area contributed by atoms with Crippen LogP contribution in [0.15, 0.2) is 47.4 Å². The Morgan fingerprint density at radius 3 is 2.80 bits per heavy atom. The highest BCUT2D eigenvalue weighted by atomic mass is 16.2. The molecule has 6 nitrogen and oxygen atoms in total. The fraction of sp³-hybridized carbons (Fsp3) is 0.316. The summed E-state index contributed by atoms with van der Waals surface area (Å²) in [6.45, 7) is 0.700. The van der Waals surface area contributed by atoms with Crippen molar-refractivity contribution in [1.29, 1.82) is 0 Å². The maximum absolute atomic E-state index is 13.0. The monoisotopic (exact) mass is 336 g/mol. The molecule has 1 fully saturated rings. The summed E-state index contributed by atoms with van der Waals surface area (Å²) in [7, 11) is 2.00. The zero-order valence-corrected chi connectivity index (χ0v) is 14.1. The fourth-order valence-electron chi connectivity index (χ4n) is 3.61. The van der Waals surface area contributed by atoms with Gasteiger partial charge in [0.05, 0.1) is 22.6 Å². The van der Waals surface area contributed by atoms with Crippen LogP contribution in [0.1, 0.15) is 41.5 Å². The Labute approximate surface area is 145 Å². The van der Waals surface area contributed by atoms with Crippen LogP contribution < -0.4 is 5.56 Å². The summed E-state index contributed by atoms with van der Waals surface area (Å²) < 4.78 is 2.08. The van der Waals surface area contributed by atoms with E-state index in [1.54, 1.807) is 6.07 Å². The molecule has 1 N–H and O–H groups in total. The molecule has 1 amide bonds. The van der Waals surface area contributed by atoms with Crippen LogP contribution in [0.3, 0.4) is 0 Å². The van der Waals surface area contributed by atoms with Crippen LogP contribution in [0.25, 0.3) is 11.0 Å². The first-order chi connectivity index (χ1) is 12.1. The summed E-state index contributed by atoms with van der Waals surface area (Å²) in [6.07, 6.45) is 4.44. The van der Waals surface area contributed by atoms with Crippen molar-refractivity contribution >= 4 is 16.9 Å². The average Bonchev–Trinajstić information content (AvgIpc) is 2.99. The Kier molecular flexibility index (Phi) is 3.87. The molecule has 1 aliphatic rings. The molecule has 128 valence electrons. The molecule has 3 aromatic rings. The summed E-state index contributed by atoms with van der Waals surface area (Å²) in [5.41, 5.74) is 2.31. The largest absolute Gasteiger partial charge is 0.329 e. The van der Waals surface area contributed by atoms with Crippen molar-refractivity contribution in [3.63, 3.8) is 0 Å². The maximum Gasteiger partial charge on any atom is 0.255 e. The number of carbonyl (C=O) groups is 1. The second-order valence-electron chi connectivity index (χ2n) is 6.47. The van der Waals surface area contributed by atoms with Gasteiger partial charge in [-0.05, 0) is 37.5 Å². The van der Waals surface area contributed by atoms with Gasteiger partial charge in [0.2, 0.25) is 5.56 Å². The number of para-hydroxylation sites is 2. The summed E-state index contributed by atoms with van der Waals surface area (Å²) in [6, 6.07) is 10.9. The summed E-state index contributed by atoms with van der Waals surface area (Å²) >= 11 is 0. The van der Waals surface area contributed by atoms with Gasteiger partial charge in [-0.3, -0.25) is 9.59 Å². The van der Waals surface area contributed by atoms with Crippen molar-refractivity contribution in [2.45, 2.75) is 25.3 Å². The van der Waals surface area contributed by atoms with Gasteiger partial charge in [-0.1, -0.05) is 12.1 Å². The van der Waals surface area contributed by atoms with Crippen molar-refractivity contribution < 1.29 is 4.79 Å². The summed E-state index contributed by atoms with van der Waals surface area (Å²) in [5.74, 6) is 0.853. The van der Waals surface area contributed by atoms with Crippen LogP contribution in [-0.2, 0) is 7.05 Å². The van der Waals surface area contributed by atoms with E-state index in [-0.39, 0.29) is 17.5 Å². The Morgan fingerprint density at radius 1 is 1.20 bits per heavy atom. The van der Waals surface area contributed by atoms with E-state index in [4.69, 9.17) is 4.98 Å². The number of aromatic nitrogens is 3. The molecule has 0 bridgehead atoms. The maximum atomic E-state index is 13.0.